The van der Waals surface area contributed by atoms with Crippen LogP contribution in [0.3, 0.4) is 0 Å². The molecule has 0 heterocycles. The Bertz CT molecular complexity index is 505. The summed E-state index contributed by atoms with van der Waals surface area (Å²) in [5, 5.41) is 0. The number of thiocarbonyl (C=S) groups is 1. The van der Waals surface area contributed by atoms with Gasteiger partial charge < -0.3 is 9.02 Å². The van der Waals surface area contributed by atoms with Gasteiger partial charge in [-0.05, 0) is 24.4 Å². The van der Waals surface area contributed by atoms with Crippen molar-refractivity contribution in [3.63, 3.8) is 0 Å². The molecule has 0 radical (unpaired) electrons. The average molecular weight is 291 g/mol. The summed E-state index contributed by atoms with van der Waals surface area (Å²) in [6.07, 6.45) is 0. The summed E-state index contributed by atoms with van der Waals surface area (Å²) in [5.41, 5.74) is 4.34. The molecule has 1 aromatic rings. The number of para-hydroxylation sites is 1. The van der Waals surface area contributed by atoms with E-state index in [1.165, 1.54) is 12.1 Å². The highest BCUT2D eigenvalue weighted by molar-refractivity contribution is 7.85. The molecule has 0 spiro atoms. The highest BCUT2D eigenvalue weighted by Crippen LogP contribution is 2.09. The van der Waals surface area contributed by atoms with Crippen molar-refractivity contribution in [2.75, 3.05) is 0 Å². The number of urea groups is 1. The van der Waals surface area contributed by atoms with Gasteiger partial charge in [0.05, 0.1) is 0 Å². The molecule has 3 N–H and O–H groups in total. The second-order valence-electron chi connectivity index (χ2n) is 2.72. The molecule has 2 amide bonds. The summed E-state index contributed by atoms with van der Waals surface area (Å²) in [6.45, 7) is 0. The van der Waals surface area contributed by atoms with Crippen LogP contribution in [0.15, 0.2) is 30.3 Å². The number of carbonyl (C=O) groups excluding carboxylic acids is 1. The Kier molecular flexibility index (Phi) is 5.30. The van der Waals surface area contributed by atoms with E-state index >= 15 is 0 Å². The van der Waals surface area contributed by atoms with Crippen LogP contribution in [0.4, 0.5) is 4.79 Å². The standard InChI is InChI=1S/C8H9N3O5S2/c12-8(10-15-6-17)9-11-18(13,14)16-7-4-2-1-3-5-7/h1-6,11H,(H2,9,10,12). The summed E-state index contributed by atoms with van der Waals surface area (Å²) in [5.74, 6) is 0.0994. The molecule has 0 atom stereocenters. The Balaban J connectivity index is 2.45. The van der Waals surface area contributed by atoms with Gasteiger partial charge in [-0.25, -0.2) is 4.79 Å². The average Bonchev–Trinajstić information content (AvgIpc) is 2.35. The third kappa shape index (κ3) is 5.43. The maximum absolute atomic E-state index is 11.3. The zero-order valence-corrected chi connectivity index (χ0v) is 10.5. The van der Waals surface area contributed by atoms with Crippen molar-refractivity contribution < 1.29 is 22.2 Å². The number of hydrazine groups is 1. The molecule has 0 aromatic heterocycles. The van der Waals surface area contributed by atoms with Crippen LogP contribution in [-0.2, 0) is 15.1 Å². The van der Waals surface area contributed by atoms with Crippen molar-refractivity contribution >= 4 is 34.1 Å². The molecule has 0 aliphatic carbocycles. The van der Waals surface area contributed by atoms with Gasteiger partial charge in [0.15, 0.2) is 5.55 Å². The molecule has 1 aromatic carbocycles. The van der Waals surface area contributed by atoms with Crippen molar-refractivity contribution in [3.8, 4) is 5.75 Å². The fourth-order valence-corrected chi connectivity index (χ4v) is 1.51. The number of hydrogen-bond acceptors (Lipinski definition) is 6. The first-order valence-electron chi connectivity index (χ1n) is 4.45. The normalized spacial score (nSPS) is 10.2. The number of rotatable bonds is 6. The first-order valence-corrected chi connectivity index (χ1v) is 6.33. The lowest BCUT2D eigenvalue weighted by Crippen LogP contribution is -2.47. The smallest absolute Gasteiger partial charge is 0.374 e. The van der Waals surface area contributed by atoms with Gasteiger partial charge >= 0.3 is 16.3 Å². The van der Waals surface area contributed by atoms with Crippen molar-refractivity contribution in [2.45, 2.75) is 0 Å². The lowest BCUT2D eigenvalue weighted by molar-refractivity contribution is 0.177. The highest BCUT2D eigenvalue weighted by Gasteiger charge is 2.13. The first kappa shape index (κ1) is 14.2. The Labute approximate surface area is 108 Å². The summed E-state index contributed by atoms with van der Waals surface area (Å²) < 4.78 is 27.3. The van der Waals surface area contributed by atoms with Crippen LogP contribution in [-0.4, -0.2) is 20.0 Å². The number of hydroxylamine groups is 1. The molecule has 0 fully saturated rings. The largest absolute Gasteiger partial charge is 0.399 e. The van der Waals surface area contributed by atoms with Gasteiger partial charge in [0, 0.05) is 0 Å². The summed E-state index contributed by atoms with van der Waals surface area (Å²) in [7, 11) is -4.17. The maximum Gasteiger partial charge on any atom is 0.399 e. The molecule has 10 heteroatoms. The van der Waals surface area contributed by atoms with E-state index in [0.717, 1.165) is 5.55 Å². The van der Waals surface area contributed by atoms with Crippen LogP contribution < -0.4 is 19.9 Å². The summed E-state index contributed by atoms with van der Waals surface area (Å²) >= 11 is 4.26. The number of hydrogen-bond donors (Lipinski definition) is 3. The van der Waals surface area contributed by atoms with Gasteiger partial charge in [0.1, 0.15) is 5.75 Å². The third-order valence-electron chi connectivity index (χ3n) is 1.44. The van der Waals surface area contributed by atoms with Crippen LogP contribution in [0.5, 0.6) is 5.75 Å². The molecule has 0 unspecified atom stereocenters. The number of carbonyl (C=O) groups is 1. The van der Waals surface area contributed by atoms with Crippen molar-refractivity contribution in [3.05, 3.63) is 30.3 Å². The predicted octanol–water partition coefficient (Wildman–Crippen LogP) is 0.00280. The lowest BCUT2D eigenvalue weighted by atomic mass is 10.3. The topological polar surface area (TPSA) is 106 Å². The lowest BCUT2D eigenvalue weighted by Gasteiger charge is -2.09. The molecule has 0 aliphatic heterocycles. The number of benzene rings is 1. The molecule has 18 heavy (non-hydrogen) atoms. The number of nitrogens with one attached hydrogen (secondary N) is 3. The SMILES string of the molecule is O=C(NNS(=O)(=O)Oc1ccccc1)NOC=S. The Hall–Kier alpha value is -1.91. The molecule has 98 valence electrons. The zero-order chi connectivity index (χ0) is 13.4. The molecule has 0 aliphatic rings. The van der Waals surface area contributed by atoms with Crippen LogP contribution in [0.1, 0.15) is 0 Å². The molecule has 0 saturated carbocycles. The fraction of sp³-hybridized carbons (Fsp3) is 0. The van der Waals surface area contributed by atoms with E-state index in [0.29, 0.717) is 0 Å². The summed E-state index contributed by atoms with van der Waals surface area (Å²) in [4.78, 5) is 16.8. The second-order valence-corrected chi connectivity index (χ2v) is 4.19. The molecule has 0 saturated heterocycles. The minimum atomic E-state index is -4.17. The van der Waals surface area contributed by atoms with E-state index in [4.69, 9.17) is 0 Å². The van der Waals surface area contributed by atoms with Crippen molar-refractivity contribution in [2.24, 2.45) is 0 Å². The van der Waals surface area contributed by atoms with Gasteiger partial charge in [-0.3, -0.25) is 5.43 Å². The molecule has 0 bridgehead atoms. The van der Waals surface area contributed by atoms with E-state index in [-0.39, 0.29) is 5.75 Å². The monoisotopic (exact) mass is 291 g/mol. The van der Waals surface area contributed by atoms with Crippen molar-refractivity contribution in [1.82, 2.24) is 15.7 Å². The van der Waals surface area contributed by atoms with Crippen LogP contribution in [0.25, 0.3) is 0 Å². The minimum absolute atomic E-state index is 0.0994. The van der Waals surface area contributed by atoms with Gasteiger partial charge in [0.2, 0.25) is 0 Å². The number of amides is 2. The van der Waals surface area contributed by atoms with Gasteiger partial charge in [-0.1, -0.05) is 23.0 Å². The molecular weight excluding hydrogens is 282 g/mol. The summed E-state index contributed by atoms with van der Waals surface area (Å²) in [6, 6.07) is 6.80. The van der Waals surface area contributed by atoms with Crippen LogP contribution in [0, 0.1) is 0 Å². The van der Waals surface area contributed by atoms with Gasteiger partial charge in [0.25, 0.3) is 0 Å². The Morgan fingerprint density at radius 2 is 1.94 bits per heavy atom. The fourth-order valence-electron chi connectivity index (χ4n) is 0.836. The molecule has 8 nitrogen and oxygen atoms in total. The second kappa shape index (κ2) is 6.74. The Morgan fingerprint density at radius 3 is 2.56 bits per heavy atom. The molecule has 1 rings (SSSR count). The molecular formula is C8H9N3O5S2. The quantitative estimate of drug-likeness (QED) is 0.503. The Morgan fingerprint density at radius 1 is 1.28 bits per heavy atom. The minimum Gasteiger partial charge on any atom is -0.374 e. The third-order valence-corrected chi connectivity index (χ3v) is 2.30. The van der Waals surface area contributed by atoms with Crippen LogP contribution in [0.2, 0.25) is 0 Å². The van der Waals surface area contributed by atoms with Crippen LogP contribution >= 0.6 is 12.2 Å². The van der Waals surface area contributed by atoms with E-state index in [9.17, 15) is 13.2 Å². The highest BCUT2D eigenvalue weighted by atomic mass is 32.2. The first-order chi connectivity index (χ1) is 8.53. The van der Waals surface area contributed by atoms with E-state index < -0.39 is 16.3 Å². The van der Waals surface area contributed by atoms with E-state index in [1.807, 2.05) is 0 Å². The maximum atomic E-state index is 11.3. The zero-order valence-electron chi connectivity index (χ0n) is 8.82. The van der Waals surface area contributed by atoms with E-state index in [2.05, 4.69) is 21.2 Å². The predicted molar refractivity (Wildman–Crippen MR) is 65.5 cm³/mol. The van der Waals surface area contributed by atoms with Gasteiger partial charge in [-0.15, -0.1) is 0 Å². The van der Waals surface area contributed by atoms with Gasteiger partial charge in [-0.2, -0.15) is 13.9 Å². The van der Waals surface area contributed by atoms with E-state index in [1.54, 1.807) is 33.9 Å². The van der Waals surface area contributed by atoms with Crippen molar-refractivity contribution in [1.29, 1.82) is 0 Å².